The van der Waals surface area contributed by atoms with Crippen LogP contribution in [0.3, 0.4) is 0 Å². The second-order valence-electron chi connectivity index (χ2n) is 8.04. The zero-order valence-electron chi connectivity index (χ0n) is 17.9. The van der Waals surface area contributed by atoms with Crippen molar-refractivity contribution < 1.29 is 19.5 Å². The number of rotatable bonds is 8. The standard InChI is InChI=1S/C22H24ClN5O4S/c1-28-6-4-16-19(10-28)33-22(27-16)21(32)26-18(11-30)15(5-7-29)25-20(31)17-9-12-8-13(23)2-3-14(12)24-17/h2-3,7-9,15,18,24,30H,4-6,10-11H2,1H3,(H,25,31)(H,26,32)/t15-,18-/m1/s1. The second kappa shape index (κ2) is 10.0. The summed E-state index contributed by atoms with van der Waals surface area (Å²) in [5, 5.41) is 17.0. The van der Waals surface area contributed by atoms with Gasteiger partial charge < -0.3 is 30.4 Å². The summed E-state index contributed by atoms with van der Waals surface area (Å²) in [6, 6.07) is 5.18. The number of aromatic nitrogens is 2. The van der Waals surface area contributed by atoms with Crippen LogP contribution in [0.4, 0.5) is 0 Å². The Hall–Kier alpha value is -2.79. The van der Waals surface area contributed by atoms with E-state index < -0.39 is 30.5 Å². The Bertz CT molecular complexity index is 1190. The van der Waals surface area contributed by atoms with Crippen molar-refractivity contribution in [2.24, 2.45) is 0 Å². The van der Waals surface area contributed by atoms with Crippen molar-refractivity contribution in [3.05, 3.63) is 50.6 Å². The van der Waals surface area contributed by atoms with Crippen molar-refractivity contribution in [1.29, 1.82) is 0 Å². The lowest BCUT2D eigenvalue weighted by atomic mass is 10.1. The van der Waals surface area contributed by atoms with E-state index in [4.69, 9.17) is 11.6 Å². The van der Waals surface area contributed by atoms with E-state index in [9.17, 15) is 19.5 Å². The van der Waals surface area contributed by atoms with Gasteiger partial charge in [-0.25, -0.2) is 4.98 Å². The van der Waals surface area contributed by atoms with E-state index in [0.717, 1.165) is 41.0 Å². The zero-order chi connectivity index (χ0) is 23.5. The molecule has 174 valence electrons. The summed E-state index contributed by atoms with van der Waals surface area (Å²) in [6.07, 6.45) is 1.34. The predicted octanol–water partition coefficient (Wildman–Crippen LogP) is 1.74. The highest BCUT2D eigenvalue weighted by Gasteiger charge is 2.28. The molecule has 0 saturated carbocycles. The van der Waals surface area contributed by atoms with E-state index >= 15 is 0 Å². The Morgan fingerprint density at radius 3 is 2.85 bits per heavy atom. The van der Waals surface area contributed by atoms with E-state index in [2.05, 4.69) is 25.5 Å². The summed E-state index contributed by atoms with van der Waals surface area (Å²) < 4.78 is 0. The number of benzene rings is 1. The fourth-order valence-corrected chi connectivity index (χ4v) is 5.10. The van der Waals surface area contributed by atoms with Gasteiger partial charge in [-0.3, -0.25) is 9.59 Å². The van der Waals surface area contributed by atoms with Gasteiger partial charge in [0.25, 0.3) is 11.8 Å². The van der Waals surface area contributed by atoms with Crippen LogP contribution in [0.25, 0.3) is 10.9 Å². The first-order valence-electron chi connectivity index (χ1n) is 10.5. The molecule has 0 fully saturated rings. The molecule has 11 heteroatoms. The summed E-state index contributed by atoms with van der Waals surface area (Å²) in [6.45, 7) is 1.16. The van der Waals surface area contributed by atoms with Gasteiger partial charge in [-0.15, -0.1) is 11.3 Å². The van der Waals surface area contributed by atoms with Gasteiger partial charge in [-0.1, -0.05) is 11.6 Å². The molecule has 4 rings (SSSR count). The minimum Gasteiger partial charge on any atom is -0.394 e. The first-order valence-corrected chi connectivity index (χ1v) is 11.7. The minimum absolute atomic E-state index is 0.0809. The van der Waals surface area contributed by atoms with Crippen LogP contribution >= 0.6 is 22.9 Å². The summed E-state index contributed by atoms with van der Waals surface area (Å²) in [5.74, 6) is -0.906. The van der Waals surface area contributed by atoms with Gasteiger partial charge in [0.05, 0.1) is 24.4 Å². The number of aliphatic hydroxyl groups is 1. The number of H-pyrrole nitrogens is 1. The third-order valence-corrected chi connectivity index (χ3v) is 6.93. The minimum atomic E-state index is -0.867. The Balaban J connectivity index is 1.47. The lowest BCUT2D eigenvalue weighted by molar-refractivity contribution is -0.108. The number of carbonyl (C=O) groups excluding carboxylic acids is 3. The molecule has 33 heavy (non-hydrogen) atoms. The molecule has 0 saturated heterocycles. The Morgan fingerprint density at radius 2 is 2.09 bits per heavy atom. The van der Waals surface area contributed by atoms with Crippen LogP contribution in [0.15, 0.2) is 24.3 Å². The normalized spacial score (nSPS) is 15.6. The SMILES string of the molecule is CN1CCc2nc(C(=O)N[C@H](CO)[C@@H](CC=O)NC(=O)c3cc4cc(Cl)ccc4[nH]3)sc2C1. The van der Waals surface area contributed by atoms with Gasteiger partial charge in [0, 0.05) is 46.7 Å². The molecule has 0 radical (unpaired) electrons. The molecule has 2 atom stereocenters. The molecule has 0 spiro atoms. The van der Waals surface area contributed by atoms with Crippen molar-refractivity contribution in [3.8, 4) is 0 Å². The van der Waals surface area contributed by atoms with Crippen LogP contribution in [0.1, 0.15) is 37.3 Å². The van der Waals surface area contributed by atoms with Gasteiger partial charge in [-0.2, -0.15) is 0 Å². The van der Waals surface area contributed by atoms with Crippen LogP contribution in [0, 0.1) is 0 Å². The quantitative estimate of drug-likeness (QED) is 0.357. The van der Waals surface area contributed by atoms with Crippen molar-refractivity contribution in [2.45, 2.75) is 31.5 Å². The fourth-order valence-electron chi connectivity index (χ4n) is 3.82. The first kappa shape index (κ1) is 23.4. The zero-order valence-corrected chi connectivity index (χ0v) is 19.5. The number of aldehydes is 1. The maximum atomic E-state index is 12.8. The van der Waals surface area contributed by atoms with E-state index in [0.29, 0.717) is 16.3 Å². The van der Waals surface area contributed by atoms with Gasteiger partial charge >= 0.3 is 0 Å². The number of nitrogens with zero attached hydrogens (tertiary/aromatic N) is 2. The molecular weight excluding hydrogens is 466 g/mol. The number of likely N-dealkylation sites (N-methyl/N-ethyl adjacent to an activating group) is 1. The molecule has 0 unspecified atom stereocenters. The number of amides is 2. The monoisotopic (exact) mass is 489 g/mol. The molecule has 0 aliphatic carbocycles. The molecule has 3 heterocycles. The van der Waals surface area contributed by atoms with Gasteiger partial charge in [0.1, 0.15) is 12.0 Å². The molecular formula is C22H24ClN5O4S. The van der Waals surface area contributed by atoms with E-state index in [1.807, 2.05) is 7.05 Å². The van der Waals surface area contributed by atoms with Gasteiger partial charge in [0.2, 0.25) is 0 Å². The number of halogens is 1. The van der Waals surface area contributed by atoms with Crippen molar-refractivity contribution in [3.63, 3.8) is 0 Å². The maximum Gasteiger partial charge on any atom is 0.280 e. The Labute approximate surface area is 199 Å². The lowest BCUT2D eigenvalue weighted by Gasteiger charge is -2.25. The van der Waals surface area contributed by atoms with Crippen molar-refractivity contribution in [2.75, 3.05) is 20.2 Å². The molecule has 4 N–H and O–H groups in total. The summed E-state index contributed by atoms with van der Waals surface area (Å²) >= 11 is 7.32. The van der Waals surface area contributed by atoms with Crippen LogP contribution in [0.2, 0.25) is 5.02 Å². The summed E-state index contributed by atoms with van der Waals surface area (Å²) in [5.41, 5.74) is 1.94. The summed E-state index contributed by atoms with van der Waals surface area (Å²) in [7, 11) is 2.01. The van der Waals surface area contributed by atoms with E-state index in [1.54, 1.807) is 24.3 Å². The molecule has 1 aliphatic rings. The lowest BCUT2D eigenvalue weighted by Crippen LogP contribution is -2.53. The maximum absolute atomic E-state index is 12.8. The largest absolute Gasteiger partial charge is 0.394 e. The Kier molecular flexibility index (Phi) is 7.08. The van der Waals surface area contributed by atoms with E-state index in [1.165, 1.54) is 11.3 Å². The number of nitrogens with one attached hydrogen (secondary N) is 3. The molecule has 1 aromatic carbocycles. The molecule has 2 amide bonds. The average molecular weight is 490 g/mol. The highest BCUT2D eigenvalue weighted by atomic mass is 35.5. The van der Waals surface area contributed by atoms with Gasteiger partial charge in [-0.05, 0) is 31.3 Å². The molecule has 9 nitrogen and oxygen atoms in total. The first-order chi connectivity index (χ1) is 15.9. The third kappa shape index (κ3) is 5.25. The van der Waals surface area contributed by atoms with Crippen LogP contribution in [-0.4, -0.2) is 70.4 Å². The molecule has 1 aliphatic heterocycles. The highest BCUT2D eigenvalue weighted by Crippen LogP contribution is 2.24. The number of thiazole rings is 1. The highest BCUT2D eigenvalue weighted by molar-refractivity contribution is 7.13. The van der Waals surface area contributed by atoms with Crippen LogP contribution < -0.4 is 10.6 Å². The summed E-state index contributed by atoms with van der Waals surface area (Å²) in [4.78, 5) is 47.6. The van der Waals surface area contributed by atoms with Crippen molar-refractivity contribution in [1.82, 2.24) is 25.5 Å². The van der Waals surface area contributed by atoms with Crippen LogP contribution in [0.5, 0.6) is 0 Å². The topological polar surface area (TPSA) is 127 Å². The second-order valence-corrected chi connectivity index (χ2v) is 9.56. The number of aromatic amines is 1. The molecule has 2 aromatic heterocycles. The number of aliphatic hydroxyl groups excluding tert-OH is 1. The predicted molar refractivity (Wildman–Crippen MR) is 126 cm³/mol. The molecule has 0 bridgehead atoms. The number of hydrogen-bond donors (Lipinski definition) is 4. The van der Waals surface area contributed by atoms with E-state index in [-0.39, 0.29) is 12.1 Å². The fraction of sp³-hybridized carbons (Fsp3) is 0.364. The van der Waals surface area contributed by atoms with Gasteiger partial charge in [0.15, 0.2) is 5.01 Å². The number of fused-ring (bicyclic) bond motifs is 2. The average Bonchev–Trinajstić information content (AvgIpc) is 3.40. The Morgan fingerprint density at radius 1 is 1.30 bits per heavy atom. The number of carbonyl (C=O) groups is 3. The van der Waals surface area contributed by atoms with Crippen molar-refractivity contribution >= 4 is 51.9 Å². The molecule has 3 aromatic rings. The smallest absolute Gasteiger partial charge is 0.280 e. The van der Waals surface area contributed by atoms with Crippen LogP contribution in [-0.2, 0) is 17.8 Å². The third-order valence-electron chi connectivity index (χ3n) is 5.61. The number of hydrogen-bond acceptors (Lipinski definition) is 7.